The Morgan fingerprint density at radius 3 is 2.42 bits per heavy atom. The minimum Gasteiger partial charge on any atom is -0.390 e. The normalized spacial score (nSPS) is 15.4. The Morgan fingerprint density at radius 2 is 1.72 bits per heavy atom. The van der Waals surface area contributed by atoms with Crippen LogP contribution >= 0.6 is 0 Å². The largest absolute Gasteiger partial charge is 0.390 e. The van der Waals surface area contributed by atoms with E-state index in [0.717, 1.165) is 18.1 Å². The zero-order chi connectivity index (χ0) is 25.9. The van der Waals surface area contributed by atoms with Crippen LogP contribution in [-0.2, 0) is 33.7 Å². The molecule has 2 aromatic rings. The van der Waals surface area contributed by atoms with Crippen LogP contribution in [0.4, 0.5) is 8.78 Å². The van der Waals surface area contributed by atoms with Crippen molar-refractivity contribution in [1.29, 1.82) is 0 Å². The Labute approximate surface area is 210 Å². The van der Waals surface area contributed by atoms with Crippen LogP contribution < -0.4 is 10.6 Å². The molecule has 3 N–H and O–H groups in total. The van der Waals surface area contributed by atoms with Crippen LogP contribution in [0.5, 0.6) is 0 Å². The summed E-state index contributed by atoms with van der Waals surface area (Å²) < 4.78 is 32.7. The number of amides is 2. The van der Waals surface area contributed by atoms with Crippen LogP contribution in [0.25, 0.3) is 0 Å². The molecule has 0 spiro atoms. The molecule has 1 fully saturated rings. The third-order valence-corrected chi connectivity index (χ3v) is 6.20. The average Bonchev–Trinajstić information content (AvgIpc) is 2.87. The zero-order valence-electron chi connectivity index (χ0n) is 20.6. The molecule has 0 aliphatic carbocycles. The lowest BCUT2D eigenvalue weighted by atomic mass is 10.00. The maximum absolute atomic E-state index is 13.7. The molecule has 0 bridgehead atoms. The molecular weight excluding hydrogens is 468 g/mol. The predicted molar refractivity (Wildman–Crippen MR) is 132 cm³/mol. The predicted octanol–water partition coefficient (Wildman–Crippen LogP) is 2.34. The van der Waals surface area contributed by atoms with Crippen molar-refractivity contribution in [3.05, 3.63) is 70.8 Å². The first-order valence-corrected chi connectivity index (χ1v) is 12.4. The van der Waals surface area contributed by atoms with Gasteiger partial charge in [0.15, 0.2) is 0 Å². The van der Waals surface area contributed by atoms with Gasteiger partial charge in [-0.3, -0.25) is 9.59 Å². The SMILES string of the molecule is CCc1cccc(CNCC(O)C(Cc2cc(F)cc(F)c2)NC(=O)CCC(=O)N2CCOCC2)c1. The highest BCUT2D eigenvalue weighted by atomic mass is 19.1. The van der Waals surface area contributed by atoms with Crippen molar-refractivity contribution in [3.63, 3.8) is 0 Å². The fraction of sp³-hybridized carbons (Fsp3) is 0.481. The highest BCUT2D eigenvalue weighted by molar-refractivity contribution is 5.84. The van der Waals surface area contributed by atoms with Gasteiger partial charge in [0.1, 0.15) is 11.6 Å². The van der Waals surface area contributed by atoms with E-state index in [1.807, 2.05) is 18.2 Å². The molecule has 1 saturated heterocycles. The number of hydrogen-bond acceptors (Lipinski definition) is 5. The topological polar surface area (TPSA) is 90.9 Å². The summed E-state index contributed by atoms with van der Waals surface area (Å²) in [5.74, 6) is -1.99. The first-order valence-electron chi connectivity index (χ1n) is 12.4. The number of hydrogen-bond donors (Lipinski definition) is 3. The van der Waals surface area contributed by atoms with Crippen LogP contribution in [0.1, 0.15) is 36.5 Å². The Kier molecular flexibility index (Phi) is 10.8. The molecule has 0 radical (unpaired) electrons. The van der Waals surface area contributed by atoms with Crippen LogP contribution in [0.15, 0.2) is 42.5 Å². The number of nitrogens with one attached hydrogen (secondary N) is 2. The number of halogens is 2. The van der Waals surface area contributed by atoms with Gasteiger partial charge in [-0.25, -0.2) is 8.78 Å². The molecule has 1 aliphatic heterocycles. The summed E-state index contributed by atoms with van der Waals surface area (Å²) in [7, 11) is 0. The molecule has 3 rings (SSSR count). The number of ether oxygens (including phenoxy) is 1. The van der Waals surface area contributed by atoms with Gasteiger partial charge < -0.3 is 25.4 Å². The van der Waals surface area contributed by atoms with E-state index in [2.05, 4.69) is 23.6 Å². The fourth-order valence-corrected chi connectivity index (χ4v) is 4.20. The molecule has 196 valence electrons. The number of rotatable bonds is 12. The fourth-order valence-electron chi connectivity index (χ4n) is 4.20. The van der Waals surface area contributed by atoms with Crippen molar-refractivity contribution in [1.82, 2.24) is 15.5 Å². The van der Waals surface area contributed by atoms with E-state index < -0.39 is 29.7 Å². The average molecular weight is 504 g/mol. The number of carbonyl (C=O) groups is 2. The second-order valence-corrected chi connectivity index (χ2v) is 9.02. The van der Waals surface area contributed by atoms with Gasteiger partial charge in [0.25, 0.3) is 0 Å². The standard InChI is InChI=1S/C27H35F2N3O4/c1-2-19-4-3-5-20(12-19)17-30-18-25(33)24(15-21-13-22(28)16-23(29)14-21)31-26(34)6-7-27(35)32-8-10-36-11-9-32/h3-5,12-14,16,24-25,30,33H,2,6-11,15,17-18H2,1H3,(H,31,34). The quantitative estimate of drug-likeness (QED) is 0.414. The lowest BCUT2D eigenvalue weighted by molar-refractivity contribution is -0.137. The van der Waals surface area contributed by atoms with Crippen molar-refractivity contribution in [2.75, 3.05) is 32.8 Å². The number of aryl methyl sites for hydroxylation is 1. The van der Waals surface area contributed by atoms with Gasteiger partial charge in [0.2, 0.25) is 11.8 Å². The molecule has 0 aromatic heterocycles. The summed E-state index contributed by atoms with van der Waals surface area (Å²) in [6.07, 6.45) is -0.0809. The molecule has 2 aromatic carbocycles. The van der Waals surface area contributed by atoms with Crippen LogP contribution in [0.3, 0.4) is 0 Å². The summed E-state index contributed by atoms with van der Waals surface area (Å²) in [5, 5.41) is 16.8. The van der Waals surface area contributed by atoms with E-state index in [9.17, 15) is 23.5 Å². The Morgan fingerprint density at radius 1 is 1.03 bits per heavy atom. The highest BCUT2D eigenvalue weighted by Crippen LogP contribution is 2.13. The second-order valence-electron chi connectivity index (χ2n) is 9.02. The molecule has 1 aliphatic rings. The lowest BCUT2D eigenvalue weighted by Crippen LogP contribution is -2.49. The zero-order valence-corrected chi connectivity index (χ0v) is 20.6. The minimum absolute atomic E-state index is 0.0337. The number of benzene rings is 2. The van der Waals surface area contributed by atoms with Gasteiger partial charge in [-0.1, -0.05) is 31.2 Å². The van der Waals surface area contributed by atoms with Crippen molar-refractivity contribution < 1.29 is 28.2 Å². The lowest BCUT2D eigenvalue weighted by Gasteiger charge is -2.27. The van der Waals surface area contributed by atoms with Gasteiger partial charge >= 0.3 is 0 Å². The Hall–Kier alpha value is -2.88. The number of aliphatic hydroxyl groups excluding tert-OH is 1. The van der Waals surface area contributed by atoms with Gasteiger partial charge in [-0.2, -0.15) is 0 Å². The third-order valence-electron chi connectivity index (χ3n) is 6.20. The van der Waals surface area contributed by atoms with E-state index in [0.29, 0.717) is 38.4 Å². The number of aliphatic hydroxyl groups is 1. The second kappa shape index (κ2) is 14.0. The summed E-state index contributed by atoms with van der Waals surface area (Å²) in [5.41, 5.74) is 2.59. The summed E-state index contributed by atoms with van der Waals surface area (Å²) in [4.78, 5) is 26.7. The molecular formula is C27H35F2N3O4. The van der Waals surface area contributed by atoms with Gasteiger partial charge in [-0.05, 0) is 41.7 Å². The summed E-state index contributed by atoms with van der Waals surface area (Å²) >= 11 is 0. The molecule has 0 saturated carbocycles. The molecule has 36 heavy (non-hydrogen) atoms. The molecule has 2 atom stereocenters. The number of carbonyl (C=O) groups excluding carboxylic acids is 2. The van der Waals surface area contributed by atoms with Crippen molar-refractivity contribution in [3.8, 4) is 0 Å². The molecule has 2 amide bonds. The monoisotopic (exact) mass is 503 g/mol. The van der Waals surface area contributed by atoms with E-state index in [1.165, 1.54) is 17.7 Å². The molecule has 7 nitrogen and oxygen atoms in total. The Balaban J connectivity index is 1.58. The van der Waals surface area contributed by atoms with E-state index in [-0.39, 0.29) is 31.7 Å². The van der Waals surface area contributed by atoms with Crippen LogP contribution in [-0.4, -0.2) is 66.8 Å². The van der Waals surface area contributed by atoms with Crippen LogP contribution in [0, 0.1) is 11.6 Å². The molecule has 1 heterocycles. The van der Waals surface area contributed by atoms with Crippen molar-refractivity contribution >= 4 is 11.8 Å². The van der Waals surface area contributed by atoms with Gasteiger partial charge in [-0.15, -0.1) is 0 Å². The summed E-state index contributed by atoms with van der Waals surface area (Å²) in [6.45, 7) is 4.71. The van der Waals surface area contributed by atoms with Crippen molar-refractivity contribution in [2.24, 2.45) is 0 Å². The smallest absolute Gasteiger partial charge is 0.223 e. The van der Waals surface area contributed by atoms with E-state index >= 15 is 0 Å². The number of nitrogens with zero attached hydrogens (tertiary/aromatic N) is 1. The van der Waals surface area contributed by atoms with E-state index in [1.54, 1.807) is 4.90 Å². The molecule has 9 heteroatoms. The Bertz CT molecular complexity index is 994. The summed E-state index contributed by atoms with van der Waals surface area (Å²) in [6, 6.07) is 10.4. The highest BCUT2D eigenvalue weighted by Gasteiger charge is 2.24. The molecule has 2 unspecified atom stereocenters. The first kappa shape index (κ1) is 27.7. The third kappa shape index (κ3) is 8.96. The van der Waals surface area contributed by atoms with Crippen LogP contribution in [0.2, 0.25) is 0 Å². The maximum atomic E-state index is 13.7. The minimum atomic E-state index is -1.02. The first-order chi connectivity index (χ1) is 17.3. The van der Waals surface area contributed by atoms with E-state index in [4.69, 9.17) is 4.74 Å². The number of morpholine rings is 1. The van der Waals surface area contributed by atoms with Gasteiger partial charge in [0.05, 0.1) is 25.4 Å². The van der Waals surface area contributed by atoms with Gasteiger partial charge in [0, 0.05) is 45.1 Å². The maximum Gasteiger partial charge on any atom is 0.223 e. The van der Waals surface area contributed by atoms with Crippen molar-refractivity contribution in [2.45, 2.75) is 51.3 Å².